The van der Waals surface area contributed by atoms with Gasteiger partial charge in [0.05, 0.1) is 17.0 Å². The minimum absolute atomic E-state index is 0.0231. The Bertz CT molecular complexity index is 1280. The van der Waals surface area contributed by atoms with Crippen molar-refractivity contribution in [2.45, 2.75) is 6.04 Å². The molecule has 28 heavy (non-hydrogen) atoms. The second-order valence-corrected chi connectivity index (χ2v) is 8.00. The monoisotopic (exact) mass is 428 g/mol. The fourth-order valence-corrected chi connectivity index (χ4v) is 4.40. The molecule has 0 saturated heterocycles. The maximum absolute atomic E-state index is 13.3. The first-order valence-corrected chi connectivity index (χ1v) is 9.93. The molecule has 0 aliphatic carbocycles. The molecule has 5 nitrogen and oxygen atoms in total. The summed E-state index contributed by atoms with van der Waals surface area (Å²) in [5.74, 6) is -0.381. The van der Waals surface area contributed by atoms with Crippen LogP contribution in [-0.4, -0.2) is 10.9 Å². The topological polar surface area (TPSA) is 63.4 Å². The van der Waals surface area contributed by atoms with Crippen LogP contribution >= 0.6 is 34.5 Å². The summed E-state index contributed by atoms with van der Waals surface area (Å²) in [5, 5.41) is 3.57. The Morgan fingerprint density at radius 1 is 1.04 bits per heavy atom. The van der Waals surface area contributed by atoms with E-state index in [4.69, 9.17) is 27.6 Å². The number of amides is 1. The van der Waals surface area contributed by atoms with Crippen LogP contribution in [0, 0.1) is 0 Å². The number of anilines is 1. The van der Waals surface area contributed by atoms with Gasteiger partial charge in [-0.1, -0.05) is 35.3 Å². The van der Waals surface area contributed by atoms with E-state index < -0.39 is 11.9 Å². The quantitative estimate of drug-likeness (QED) is 0.434. The van der Waals surface area contributed by atoms with Crippen molar-refractivity contribution in [3.05, 3.63) is 91.2 Å². The molecule has 0 N–H and O–H groups in total. The zero-order valence-corrected chi connectivity index (χ0v) is 16.4. The average Bonchev–Trinajstić information content (AvgIpc) is 3.30. The lowest BCUT2D eigenvalue weighted by atomic mass is 9.99. The first-order valence-electron chi connectivity index (χ1n) is 8.29. The van der Waals surface area contributed by atoms with Crippen LogP contribution in [0.2, 0.25) is 10.0 Å². The Morgan fingerprint density at radius 2 is 1.79 bits per heavy atom. The molecule has 2 aromatic carbocycles. The molecule has 1 aliphatic heterocycles. The van der Waals surface area contributed by atoms with Crippen LogP contribution in [0.15, 0.2) is 63.3 Å². The number of fused-ring (bicyclic) bond motifs is 2. The van der Waals surface area contributed by atoms with Gasteiger partial charge < -0.3 is 4.42 Å². The molecule has 0 saturated carbocycles. The summed E-state index contributed by atoms with van der Waals surface area (Å²) in [5.41, 5.74) is 1.04. The van der Waals surface area contributed by atoms with Gasteiger partial charge in [-0.15, -0.1) is 11.3 Å². The Hall–Kier alpha value is -2.67. The van der Waals surface area contributed by atoms with Gasteiger partial charge in [-0.2, -0.15) is 0 Å². The Kier molecular flexibility index (Phi) is 4.01. The van der Waals surface area contributed by atoms with Gasteiger partial charge in [0.1, 0.15) is 5.58 Å². The lowest BCUT2D eigenvalue weighted by molar-refractivity contribution is 0.0971. The van der Waals surface area contributed by atoms with Gasteiger partial charge in [0.15, 0.2) is 10.6 Å². The van der Waals surface area contributed by atoms with Gasteiger partial charge in [0, 0.05) is 21.6 Å². The fraction of sp³-hybridized carbons (Fsp3) is 0.0500. The van der Waals surface area contributed by atoms with Crippen LogP contribution in [0.3, 0.4) is 0 Å². The van der Waals surface area contributed by atoms with Crippen LogP contribution in [0.5, 0.6) is 0 Å². The third-order valence-corrected chi connectivity index (χ3v) is 5.90. The molecule has 1 amide bonds. The van der Waals surface area contributed by atoms with Crippen LogP contribution in [0.25, 0.3) is 11.0 Å². The number of nitrogens with zero attached hydrogens (tertiary/aromatic N) is 2. The lowest BCUT2D eigenvalue weighted by Gasteiger charge is -2.22. The summed E-state index contributed by atoms with van der Waals surface area (Å²) < 4.78 is 5.86. The molecule has 8 heteroatoms. The van der Waals surface area contributed by atoms with Crippen molar-refractivity contribution < 1.29 is 9.21 Å². The first kappa shape index (κ1) is 17.4. The molecule has 138 valence electrons. The second-order valence-electron chi connectivity index (χ2n) is 6.26. The lowest BCUT2D eigenvalue weighted by Crippen LogP contribution is -2.29. The number of aromatic nitrogens is 1. The molecule has 1 aliphatic rings. The average molecular weight is 429 g/mol. The van der Waals surface area contributed by atoms with Crippen LogP contribution in [-0.2, 0) is 0 Å². The number of halogens is 2. The fourth-order valence-electron chi connectivity index (χ4n) is 3.44. The van der Waals surface area contributed by atoms with E-state index >= 15 is 0 Å². The predicted octanol–water partition coefficient (Wildman–Crippen LogP) is 5.31. The SMILES string of the molecule is O=C1c2oc3ccc(Cl)cc3c(=O)c2[C@H](c2ccc(Cl)cc2)N1c1nccs1. The van der Waals surface area contributed by atoms with E-state index in [-0.39, 0.29) is 16.8 Å². The maximum Gasteiger partial charge on any atom is 0.297 e. The van der Waals surface area contributed by atoms with Crippen molar-refractivity contribution >= 4 is 56.5 Å². The minimum Gasteiger partial charge on any atom is -0.450 e. The molecular formula is C20H10Cl2N2O3S. The van der Waals surface area contributed by atoms with Gasteiger partial charge in [0.2, 0.25) is 5.76 Å². The van der Waals surface area contributed by atoms with E-state index in [0.717, 1.165) is 5.56 Å². The third-order valence-electron chi connectivity index (χ3n) is 4.64. The zero-order valence-electron chi connectivity index (χ0n) is 14.1. The summed E-state index contributed by atoms with van der Waals surface area (Å²) in [6, 6.07) is 11.1. The summed E-state index contributed by atoms with van der Waals surface area (Å²) in [4.78, 5) is 32.3. The largest absolute Gasteiger partial charge is 0.450 e. The van der Waals surface area contributed by atoms with E-state index in [9.17, 15) is 9.59 Å². The number of hydrogen-bond donors (Lipinski definition) is 0. The van der Waals surface area contributed by atoms with Crippen molar-refractivity contribution in [3.8, 4) is 0 Å². The summed E-state index contributed by atoms with van der Waals surface area (Å²) in [6.07, 6.45) is 1.61. The van der Waals surface area contributed by atoms with Gasteiger partial charge in [-0.3, -0.25) is 14.5 Å². The van der Waals surface area contributed by atoms with E-state index in [0.29, 0.717) is 26.1 Å². The second kappa shape index (κ2) is 6.44. The maximum atomic E-state index is 13.3. The van der Waals surface area contributed by atoms with Crippen LogP contribution < -0.4 is 10.3 Å². The molecule has 1 atom stereocenters. The highest BCUT2D eigenvalue weighted by molar-refractivity contribution is 7.13. The number of hydrogen-bond acceptors (Lipinski definition) is 5. The van der Waals surface area contributed by atoms with E-state index in [1.54, 1.807) is 54.0 Å². The molecule has 0 bridgehead atoms. The van der Waals surface area contributed by atoms with Crippen molar-refractivity contribution in [3.63, 3.8) is 0 Å². The van der Waals surface area contributed by atoms with Gasteiger partial charge in [-0.05, 0) is 35.9 Å². The minimum atomic E-state index is -0.662. The normalized spacial score (nSPS) is 16.0. The first-order chi connectivity index (χ1) is 13.5. The molecule has 3 heterocycles. The molecule has 0 unspecified atom stereocenters. The number of carbonyl (C=O) groups is 1. The Balaban J connectivity index is 1.83. The number of benzene rings is 2. The van der Waals surface area contributed by atoms with Crippen molar-refractivity contribution in [1.29, 1.82) is 0 Å². The van der Waals surface area contributed by atoms with Crippen LogP contribution in [0.4, 0.5) is 5.13 Å². The zero-order chi connectivity index (χ0) is 19.4. The Morgan fingerprint density at radius 3 is 2.50 bits per heavy atom. The molecule has 2 aromatic heterocycles. The predicted molar refractivity (Wildman–Crippen MR) is 110 cm³/mol. The molecule has 0 radical (unpaired) electrons. The van der Waals surface area contributed by atoms with E-state index in [1.807, 2.05) is 0 Å². The van der Waals surface area contributed by atoms with Gasteiger partial charge in [-0.25, -0.2) is 4.98 Å². The molecule has 0 spiro atoms. The van der Waals surface area contributed by atoms with E-state index in [1.165, 1.54) is 16.2 Å². The highest BCUT2D eigenvalue weighted by Gasteiger charge is 2.44. The smallest absolute Gasteiger partial charge is 0.297 e. The number of carbonyl (C=O) groups excluding carboxylic acids is 1. The number of thiazole rings is 1. The standard InChI is InChI=1S/C20H10Cl2N2O3S/c21-11-3-1-10(2-4-11)16-15-17(25)13-9-12(22)5-6-14(13)27-18(15)19(26)24(16)20-23-7-8-28-20/h1-9,16H/t16-/m0/s1. The van der Waals surface area contributed by atoms with E-state index in [2.05, 4.69) is 4.98 Å². The highest BCUT2D eigenvalue weighted by Crippen LogP contribution is 2.42. The third kappa shape index (κ3) is 2.57. The van der Waals surface area contributed by atoms with Crippen molar-refractivity contribution in [2.75, 3.05) is 4.90 Å². The van der Waals surface area contributed by atoms with Crippen molar-refractivity contribution in [2.24, 2.45) is 0 Å². The molecule has 0 fully saturated rings. The molecule has 5 rings (SSSR count). The summed E-state index contributed by atoms with van der Waals surface area (Å²) in [7, 11) is 0. The summed E-state index contributed by atoms with van der Waals surface area (Å²) in [6.45, 7) is 0. The van der Waals surface area contributed by atoms with Gasteiger partial charge in [0.25, 0.3) is 5.91 Å². The van der Waals surface area contributed by atoms with Crippen molar-refractivity contribution in [1.82, 2.24) is 4.98 Å². The highest BCUT2D eigenvalue weighted by atomic mass is 35.5. The van der Waals surface area contributed by atoms with Gasteiger partial charge >= 0.3 is 0 Å². The Labute approximate surface area is 172 Å². The molecule has 4 aromatic rings. The van der Waals surface area contributed by atoms with Crippen LogP contribution in [0.1, 0.15) is 27.7 Å². The number of rotatable bonds is 2. The summed E-state index contributed by atoms with van der Waals surface area (Å²) >= 11 is 13.4. The molecular weight excluding hydrogens is 419 g/mol.